The maximum Gasteiger partial charge on any atom is 0.198 e. The van der Waals surface area contributed by atoms with E-state index in [1.807, 2.05) is 42.5 Å². The van der Waals surface area contributed by atoms with Crippen molar-refractivity contribution < 1.29 is 9.47 Å². The lowest BCUT2D eigenvalue weighted by Gasteiger charge is -2.19. The molecule has 0 aliphatic carbocycles. The fraction of sp³-hybridized carbons (Fsp3) is 0.316. The first-order chi connectivity index (χ1) is 12.2. The van der Waals surface area contributed by atoms with Gasteiger partial charge in [0.15, 0.2) is 17.4 Å². The van der Waals surface area contributed by atoms with Gasteiger partial charge in [0.2, 0.25) is 0 Å². The summed E-state index contributed by atoms with van der Waals surface area (Å²) in [5, 5.41) is 0. The maximum absolute atomic E-state index is 6.01. The van der Waals surface area contributed by atoms with Gasteiger partial charge in [-0.1, -0.05) is 26.0 Å². The van der Waals surface area contributed by atoms with Gasteiger partial charge in [-0.2, -0.15) is 0 Å². The zero-order valence-corrected chi connectivity index (χ0v) is 14.7. The number of nitrogen functional groups attached to an aromatic ring is 1. The van der Waals surface area contributed by atoms with Crippen molar-refractivity contribution in [2.45, 2.75) is 13.8 Å². The van der Waals surface area contributed by atoms with Gasteiger partial charge in [0.1, 0.15) is 12.4 Å². The Balaban J connectivity index is 1.71. The highest BCUT2D eigenvalue weighted by atomic mass is 16.5. The number of hydrogen-bond donors (Lipinski definition) is 2. The Morgan fingerprint density at radius 3 is 2.60 bits per heavy atom. The van der Waals surface area contributed by atoms with Gasteiger partial charge in [-0.3, -0.25) is 0 Å². The average molecular weight is 340 g/mol. The van der Waals surface area contributed by atoms with Crippen molar-refractivity contribution in [3.8, 4) is 17.2 Å². The predicted octanol–water partition coefficient (Wildman–Crippen LogP) is 3.66. The van der Waals surface area contributed by atoms with Gasteiger partial charge < -0.3 is 25.1 Å². The van der Waals surface area contributed by atoms with Crippen LogP contribution in [0.4, 0.5) is 5.95 Å². The first-order valence-electron chi connectivity index (χ1n) is 8.57. The van der Waals surface area contributed by atoms with Gasteiger partial charge in [-0.05, 0) is 37.4 Å². The zero-order valence-electron chi connectivity index (χ0n) is 14.7. The van der Waals surface area contributed by atoms with E-state index in [1.54, 1.807) is 0 Å². The molecule has 0 radical (unpaired) electrons. The zero-order chi connectivity index (χ0) is 17.6. The van der Waals surface area contributed by atoms with Gasteiger partial charge >= 0.3 is 0 Å². The van der Waals surface area contributed by atoms with E-state index in [0.717, 1.165) is 36.4 Å². The molecule has 6 nitrogen and oxygen atoms in total. The third-order valence-electron chi connectivity index (χ3n) is 4.11. The molecule has 0 spiro atoms. The normalized spacial score (nSPS) is 11.2. The number of fused-ring (bicyclic) bond motifs is 1. The van der Waals surface area contributed by atoms with Crippen LogP contribution in [0.3, 0.4) is 0 Å². The Kier molecular flexibility index (Phi) is 5.40. The third kappa shape index (κ3) is 4.22. The van der Waals surface area contributed by atoms with Crippen LogP contribution in [0.15, 0.2) is 42.5 Å². The van der Waals surface area contributed by atoms with Crippen LogP contribution in [-0.4, -0.2) is 41.1 Å². The Labute approximate surface area is 147 Å². The van der Waals surface area contributed by atoms with Crippen LogP contribution < -0.4 is 15.2 Å². The van der Waals surface area contributed by atoms with E-state index in [-0.39, 0.29) is 0 Å². The second-order valence-electron chi connectivity index (χ2n) is 5.73. The highest BCUT2D eigenvalue weighted by Gasteiger charge is 2.08. The van der Waals surface area contributed by atoms with Crippen molar-refractivity contribution >= 4 is 17.0 Å². The molecule has 0 aliphatic rings. The quantitative estimate of drug-likeness (QED) is 0.654. The van der Waals surface area contributed by atoms with Crippen LogP contribution in [0.1, 0.15) is 13.8 Å². The Morgan fingerprint density at radius 1 is 1.08 bits per heavy atom. The number of hydrogen-bond acceptors (Lipinski definition) is 5. The summed E-state index contributed by atoms with van der Waals surface area (Å²) < 4.78 is 11.9. The second-order valence-corrected chi connectivity index (χ2v) is 5.73. The number of benzene rings is 2. The average Bonchev–Trinajstić information content (AvgIpc) is 2.99. The first-order valence-corrected chi connectivity index (χ1v) is 8.57. The van der Waals surface area contributed by atoms with E-state index in [2.05, 4.69) is 28.7 Å². The van der Waals surface area contributed by atoms with Crippen LogP contribution in [0, 0.1) is 0 Å². The number of para-hydroxylation sites is 2. The molecule has 3 aromatic rings. The van der Waals surface area contributed by atoms with Gasteiger partial charge in [-0.25, -0.2) is 4.98 Å². The lowest BCUT2D eigenvalue weighted by molar-refractivity contribution is 0.218. The number of nitrogens with one attached hydrogen (secondary N) is 1. The van der Waals surface area contributed by atoms with Crippen molar-refractivity contribution in [3.05, 3.63) is 42.5 Å². The fourth-order valence-electron chi connectivity index (χ4n) is 2.68. The number of H-pyrrole nitrogens is 1. The summed E-state index contributed by atoms with van der Waals surface area (Å²) in [6, 6.07) is 13.3. The molecule has 0 saturated heterocycles. The van der Waals surface area contributed by atoms with E-state index in [9.17, 15) is 0 Å². The summed E-state index contributed by atoms with van der Waals surface area (Å²) in [7, 11) is 0. The molecule has 0 unspecified atom stereocenters. The summed E-state index contributed by atoms with van der Waals surface area (Å²) in [5.41, 5.74) is 7.34. The molecule has 0 amide bonds. The summed E-state index contributed by atoms with van der Waals surface area (Å²) in [6.45, 7) is 7.85. The minimum atomic E-state index is 0.396. The lowest BCUT2D eigenvalue weighted by atomic mass is 10.3. The molecule has 132 valence electrons. The molecule has 0 saturated carbocycles. The number of rotatable bonds is 8. The van der Waals surface area contributed by atoms with E-state index in [4.69, 9.17) is 15.2 Å². The van der Waals surface area contributed by atoms with Gasteiger partial charge in [0, 0.05) is 12.6 Å². The van der Waals surface area contributed by atoms with Crippen molar-refractivity contribution in [2.24, 2.45) is 0 Å². The number of aromatic amines is 1. The Morgan fingerprint density at radius 2 is 1.84 bits per heavy atom. The van der Waals surface area contributed by atoms with Crippen LogP contribution in [0.2, 0.25) is 0 Å². The number of likely N-dealkylation sites (N-methyl/N-ethyl adjacent to an activating group) is 1. The third-order valence-corrected chi connectivity index (χ3v) is 4.11. The highest BCUT2D eigenvalue weighted by Crippen LogP contribution is 2.32. The molecular formula is C19H24N4O2. The SMILES string of the molecule is CCN(CC)CCOc1ccccc1Oc1ccc2nc(N)[nH]c2c1. The number of aromatic nitrogens is 2. The van der Waals surface area contributed by atoms with Crippen molar-refractivity contribution in [3.63, 3.8) is 0 Å². The summed E-state index contributed by atoms with van der Waals surface area (Å²) in [4.78, 5) is 9.52. The standard InChI is InChI=1S/C19H24N4O2/c1-3-23(4-2)11-12-24-17-7-5-6-8-18(17)25-14-9-10-15-16(13-14)22-19(20)21-15/h5-10,13H,3-4,11-12H2,1-2H3,(H3,20,21,22). The largest absolute Gasteiger partial charge is 0.488 e. The Hall–Kier alpha value is -2.73. The van der Waals surface area contributed by atoms with Crippen molar-refractivity contribution in [1.29, 1.82) is 0 Å². The van der Waals surface area contributed by atoms with E-state index >= 15 is 0 Å². The minimum absolute atomic E-state index is 0.396. The number of imidazole rings is 1. The van der Waals surface area contributed by atoms with Crippen molar-refractivity contribution in [1.82, 2.24) is 14.9 Å². The molecule has 1 heterocycles. The summed E-state index contributed by atoms with van der Waals surface area (Å²) >= 11 is 0. The molecule has 1 aromatic heterocycles. The Bertz CT molecular complexity index is 827. The smallest absolute Gasteiger partial charge is 0.198 e. The van der Waals surface area contributed by atoms with E-state index < -0.39 is 0 Å². The number of nitrogens with zero attached hydrogens (tertiary/aromatic N) is 2. The van der Waals surface area contributed by atoms with Gasteiger partial charge in [-0.15, -0.1) is 0 Å². The molecule has 0 fully saturated rings. The monoisotopic (exact) mass is 340 g/mol. The van der Waals surface area contributed by atoms with Crippen molar-refractivity contribution in [2.75, 3.05) is 32.0 Å². The second kappa shape index (κ2) is 7.90. The molecule has 25 heavy (non-hydrogen) atoms. The maximum atomic E-state index is 6.01. The molecule has 0 bridgehead atoms. The molecule has 0 aliphatic heterocycles. The molecule has 3 N–H and O–H groups in total. The number of ether oxygens (including phenoxy) is 2. The first kappa shape index (κ1) is 17.1. The van der Waals surface area contributed by atoms with Crippen LogP contribution in [0.5, 0.6) is 17.2 Å². The number of nitrogens with two attached hydrogens (primary N) is 1. The molecule has 2 aromatic carbocycles. The highest BCUT2D eigenvalue weighted by molar-refractivity contribution is 5.78. The van der Waals surface area contributed by atoms with E-state index in [0.29, 0.717) is 24.1 Å². The summed E-state index contributed by atoms with van der Waals surface area (Å²) in [5.74, 6) is 2.52. The van der Waals surface area contributed by atoms with Crippen LogP contribution in [0.25, 0.3) is 11.0 Å². The van der Waals surface area contributed by atoms with Gasteiger partial charge in [0.05, 0.1) is 11.0 Å². The van der Waals surface area contributed by atoms with Crippen LogP contribution in [-0.2, 0) is 0 Å². The fourth-order valence-corrected chi connectivity index (χ4v) is 2.68. The molecule has 6 heteroatoms. The minimum Gasteiger partial charge on any atom is -0.488 e. The van der Waals surface area contributed by atoms with E-state index in [1.165, 1.54) is 0 Å². The molecule has 3 rings (SSSR count). The predicted molar refractivity (Wildman–Crippen MR) is 100 cm³/mol. The lowest BCUT2D eigenvalue weighted by Crippen LogP contribution is -2.27. The topological polar surface area (TPSA) is 76.4 Å². The molecule has 0 atom stereocenters. The number of anilines is 1. The van der Waals surface area contributed by atoms with Gasteiger partial charge in [0.25, 0.3) is 0 Å². The van der Waals surface area contributed by atoms with Crippen LogP contribution >= 0.6 is 0 Å². The summed E-state index contributed by atoms with van der Waals surface area (Å²) in [6.07, 6.45) is 0. The molecular weight excluding hydrogens is 316 g/mol.